The van der Waals surface area contributed by atoms with Crippen LogP contribution < -0.4 is 10.9 Å². The van der Waals surface area contributed by atoms with Gasteiger partial charge in [0.05, 0.1) is 0 Å². The zero-order chi connectivity index (χ0) is 15.2. The highest BCUT2D eigenvalue weighted by atomic mass is 19.4. The fraction of sp³-hybridized carbons (Fsp3) is 0.643. The summed E-state index contributed by atoms with van der Waals surface area (Å²) >= 11 is 0. The second-order valence-corrected chi connectivity index (χ2v) is 4.90. The van der Waals surface area contributed by atoms with Crippen molar-refractivity contribution in [3.63, 3.8) is 0 Å². The quantitative estimate of drug-likeness (QED) is 0.837. The Labute approximate surface area is 116 Å². The van der Waals surface area contributed by atoms with Gasteiger partial charge in [-0.05, 0) is 38.8 Å². The van der Waals surface area contributed by atoms with Crippen molar-refractivity contribution in [1.82, 2.24) is 9.88 Å². The monoisotopic (exact) mass is 290 g/mol. The van der Waals surface area contributed by atoms with Crippen molar-refractivity contribution >= 4 is 0 Å². The van der Waals surface area contributed by atoms with Gasteiger partial charge in [-0.3, -0.25) is 4.79 Å². The topological polar surface area (TPSA) is 34.0 Å². The molecule has 1 N–H and O–H groups in total. The van der Waals surface area contributed by atoms with E-state index in [0.29, 0.717) is 6.42 Å². The predicted molar refractivity (Wildman–Crippen MR) is 72.7 cm³/mol. The maximum absolute atomic E-state index is 12.8. The summed E-state index contributed by atoms with van der Waals surface area (Å²) in [6.07, 6.45) is -2.21. The van der Waals surface area contributed by atoms with Gasteiger partial charge in [0, 0.05) is 18.7 Å². The third kappa shape index (κ3) is 5.00. The molecule has 6 heteroatoms. The summed E-state index contributed by atoms with van der Waals surface area (Å²) in [4.78, 5) is 11.6. The fourth-order valence-corrected chi connectivity index (χ4v) is 2.05. The molecular formula is C14H21F3N2O. The van der Waals surface area contributed by atoms with Crippen LogP contribution >= 0.6 is 0 Å². The van der Waals surface area contributed by atoms with Gasteiger partial charge < -0.3 is 9.88 Å². The van der Waals surface area contributed by atoms with Crippen LogP contribution in [0.15, 0.2) is 23.0 Å². The van der Waals surface area contributed by atoms with Crippen molar-refractivity contribution in [3.05, 3.63) is 34.2 Å². The van der Waals surface area contributed by atoms with E-state index in [2.05, 4.69) is 12.2 Å². The fourth-order valence-electron chi connectivity index (χ4n) is 2.05. The maximum Gasteiger partial charge on any atom is 0.431 e. The van der Waals surface area contributed by atoms with E-state index in [0.717, 1.165) is 42.2 Å². The van der Waals surface area contributed by atoms with Gasteiger partial charge in [-0.25, -0.2) is 0 Å². The average Bonchev–Trinajstić information content (AvgIpc) is 2.37. The molecule has 1 heterocycles. The molecule has 0 aromatic carbocycles. The van der Waals surface area contributed by atoms with Crippen LogP contribution in [0.25, 0.3) is 0 Å². The lowest BCUT2D eigenvalue weighted by Crippen LogP contribution is -2.29. The van der Waals surface area contributed by atoms with Gasteiger partial charge in [0.25, 0.3) is 5.56 Å². The Balaban J connectivity index is 2.66. The van der Waals surface area contributed by atoms with Gasteiger partial charge in [0.2, 0.25) is 0 Å². The van der Waals surface area contributed by atoms with Crippen LogP contribution in [-0.4, -0.2) is 17.2 Å². The Bertz CT molecular complexity index is 468. The van der Waals surface area contributed by atoms with E-state index in [-0.39, 0.29) is 12.6 Å². The van der Waals surface area contributed by atoms with Gasteiger partial charge in [-0.1, -0.05) is 13.0 Å². The van der Waals surface area contributed by atoms with Gasteiger partial charge in [-0.2, -0.15) is 13.2 Å². The van der Waals surface area contributed by atoms with Crippen molar-refractivity contribution < 1.29 is 13.2 Å². The minimum atomic E-state index is -4.49. The van der Waals surface area contributed by atoms with Crippen molar-refractivity contribution in [2.45, 2.75) is 51.9 Å². The molecule has 1 atom stereocenters. The normalized spacial score (nSPS) is 13.4. The SMILES string of the molecule is CCCNC(C)CCCn1c(C(F)(F)F)cccc1=O. The molecule has 0 amide bonds. The van der Waals surface area contributed by atoms with E-state index in [1.54, 1.807) is 0 Å². The highest BCUT2D eigenvalue weighted by Gasteiger charge is 2.33. The molecule has 3 nitrogen and oxygen atoms in total. The minimum absolute atomic E-state index is 0.0899. The molecule has 0 radical (unpaired) electrons. The molecule has 0 bridgehead atoms. The summed E-state index contributed by atoms with van der Waals surface area (Å²) in [7, 11) is 0. The number of alkyl halides is 3. The van der Waals surface area contributed by atoms with E-state index in [4.69, 9.17) is 0 Å². The second kappa shape index (κ2) is 7.47. The van der Waals surface area contributed by atoms with Crippen LogP contribution in [-0.2, 0) is 12.7 Å². The highest BCUT2D eigenvalue weighted by Crippen LogP contribution is 2.28. The Morgan fingerprint density at radius 1 is 1.35 bits per heavy atom. The maximum atomic E-state index is 12.8. The van der Waals surface area contributed by atoms with Crippen molar-refractivity contribution in [1.29, 1.82) is 0 Å². The largest absolute Gasteiger partial charge is 0.431 e. The molecule has 0 saturated heterocycles. The molecule has 0 saturated carbocycles. The van der Waals surface area contributed by atoms with E-state index in [1.807, 2.05) is 6.92 Å². The van der Waals surface area contributed by atoms with E-state index >= 15 is 0 Å². The van der Waals surface area contributed by atoms with Crippen LogP contribution in [0.4, 0.5) is 13.2 Å². The summed E-state index contributed by atoms with van der Waals surface area (Å²) in [6.45, 7) is 5.03. The number of hydrogen-bond acceptors (Lipinski definition) is 2. The molecule has 1 aromatic rings. The summed E-state index contributed by atoms with van der Waals surface area (Å²) in [5.41, 5.74) is -1.48. The van der Waals surface area contributed by atoms with Crippen molar-refractivity contribution in [2.24, 2.45) is 0 Å². The zero-order valence-corrected chi connectivity index (χ0v) is 11.8. The number of rotatable bonds is 7. The number of nitrogens with zero attached hydrogens (tertiary/aromatic N) is 1. The molecule has 0 aliphatic heterocycles. The summed E-state index contributed by atoms with van der Waals surface area (Å²) in [6, 6.07) is 3.49. The number of pyridine rings is 1. The molecular weight excluding hydrogens is 269 g/mol. The van der Waals surface area contributed by atoms with Gasteiger partial charge >= 0.3 is 6.18 Å². The lowest BCUT2D eigenvalue weighted by Gasteiger charge is -2.16. The van der Waals surface area contributed by atoms with Crippen LogP contribution in [0.1, 0.15) is 38.8 Å². The third-order valence-electron chi connectivity index (χ3n) is 3.10. The Kier molecular flexibility index (Phi) is 6.26. The first kappa shape index (κ1) is 16.8. The molecule has 114 valence electrons. The van der Waals surface area contributed by atoms with E-state index in [9.17, 15) is 18.0 Å². The van der Waals surface area contributed by atoms with Gasteiger partial charge in [-0.15, -0.1) is 0 Å². The Hall–Kier alpha value is -1.30. The molecule has 0 spiro atoms. The summed E-state index contributed by atoms with van der Waals surface area (Å²) < 4.78 is 39.2. The highest BCUT2D eigenvalue weighted by molar-refractivity contribution is 5.10. The summed E-state index contributed by atoms with van der Waals surface area (Å²) in [5.74, 6) is 0. The number of halogens is 3. The first-order chi connectivity index (χ1) is 9.36. The predicted octanol–water partition coefficient (Wildman–Crippen LogP) is 3.04. The van der Waals surface area contributed by atoms with E-state index < -0.39 is 17.4 Å². The van der Waals surface area contributed by atoms with Crippen LogP contribution in [0.5, 0.6) is 0 Å². The Morgan fingerprint density at radius 2 is 2.05 bits per heavy atom. The minimum Gasteiger partial charge on any atom is -0.314 e. The average molecular weight is 290 g/mol. The lowest BCUT2D eigenvalue weighted by molar-refractivity contribution is -0.144. The first-order valence-corrected chi connectivity index (χ1v) is 6.86. The standard InChI is InChI=1S/C14H21F3N2O/c1-3-9-18-11(2)6-5-10-19-12(14(15,16)17)7-4-8-13(19)20/h4,7-8,11,18H,3,5-6,9-10H2,1-2H3. The Morgan fingerprint density at radius 3 is 2.65 bits per heavy atom. The molecule has 1 rings (SSSR count). The second-order valence-electron chi connectivity index (χ2n) is 4.90. The number of hydrogen-bond donors (Lipinski definition) is 1. The molecule has 1 unspecified atom stereocenters. The summed E-state index contributed by atoms with van der Waals surface area (Å²) in [5, 5.41) is 3.27. The molecule has 1 aromatic heterocycles. The lowest BCUT2D eigenvalue weighted by atomic mass is 10.1. The van der Waals surface area contributed by atoms with Crippen molar-refractivity contribution in [3.8, 4) is 0 Å². The van der Waals surface area contributed by atoms with Gasteiger partial charge in [0.15, 0.2) is 0 Å². The molecule has 0 aliphatic carbocycles. The number of nitrogens with one attached hydrogen (secondary N) is 1. The van der Waals surface area contributed by atoms with Crippen LogP contribution in [0.3, 0.4) is 0 Å². The number of aromatic nitrogens is 1. The van der Waals surface area contributed by atoms with Crippen molar-refractivity contribution in [2.75, 3.05) is 6.54 Å². The van der Waals surface area contributed by atoms with E-state index in [1.165, 1.54) is 0 Å². The first-order valence-electron chi connectivity index (χ1n) is 6.86. The molecule has 20 heavy (non-hydrogen) atoms. The van der Waals surface area contributed by atoms with Gasteiger partial charge in [0.1, 0.15) is 5.69 Å². The molecule has 0 fully saturated rings. The zero-order valence-electron chi connectivity index (χ0n) is 11.8. The molecule has 0 aliphatic rings. The van der Waals surface area contributed by atoms with Crippen LogP contribution in [0.2, 0.25) is 0 Å². The van der Waals surface area contributed by atoms with Crippen LogP contribution in [0, 0.1) is 0 Å². The smallest absolute Gasteiger partial charge is 0.314 e. The third-order valence-corrected chi connectivity index (χ3v) is 3.10.